The summed E-state index contributed by atoms with van der Waals surface area (Å²) in [5.41, 5.74) is 4.02. The molecule has 0 aliphatic carbocycles. The molecule has 0 heterocycles. The largest absolute Gasteiger partial charge is 0.459 e. The molecule has 2 rings (SSSR count). The van der Waals surface area contributed by atoms with Crippen LogP contribution in [-0.2, 0) is 32.6 Å². The van der Waals surface area contributed by atoms with Crippen LogP contribution in [-0.4, -0.2) is 87.0 Å². The molecule has 56 heavy (non-hydrogen) atoms. The quantitative estimate of drug-likeness (QED) is 0.0471. The molecule has 0 aliphatic rings. The van der Waals surface area contributed by atoms with Gasteiger partial charge in [0.2, 0.25) is 0 Å². The van der Waals surface area contributed by atoms with E-state index in [1.807, 2.05) is 6.07 Å². The number of benzene rings is 2. The lowest BCUT2D eigenvalue weighted by Crippen LogP contribution is -2.48. The highest BCUT2D eigenvalue weighted by molar-refractivity contribution is 7.86. The second kappa shape index (κ2) is 25.2. The molecule has 0 unspecified atom stereocenters. The van der Waals surface area contributed by atoms with Crippen molar-refractivity contribution in [1.29, 1.82) is 0 Å². The number of aliphatic hydroxyl groups excluding tert-OH is 1. The molecule has 0 saturated heterocycles. The summed E-state index contributed by atoms with van der Waals surface area (Å²) in [7, 11) is -7.48. The Hall–Kier alpha value is -2.40. The molecule has 0 saturated carbocycles. The lowest BCUT2D eigenvalue weighted by atomic mass is 10.2. The van der Waals surface area contributed by atoms with Gasteiger partial charge in [-0.3, -0.25) is 4.18 Å². The molecule has 10 nitrogen and oxygen atoms in total. The predicted molar refractivity (Wildman–Crippen MR) is 232 cm³/mol. The molecular weight excluding hydrogens is 765 g/mol. The molecule has 1 N–H and O–H groups in total. The highest BCUT2D eigenvalue weighted by Gasteiger charge is 2.45. The van der Waals surface area contributed by atoms with Gasteiger partial charge in [-0.1, -0.05) is 119 Å². The fraction of sp³-hybridized carbons (Fsp3) is 0.674. The molecule has 2 aromatic carbocycles. The number of carbonyl (C=O) groups is 2. The zero-order valence-corrected chi connectivity index (χ0v) is 39.4. The summed E-state index contributed by atoms with van der Waals surface area (Å²) in [6, 6.07) is 17.4. The van der Waals surface area contributed by atoms with E-state index in [1.54, 1.807) is 54.6 Å². The van der Waals surface area contributed by atoms with Crippen LogP contribution in [0.3, 0.4) is 0 Å². The SMILES string of the molecule is CC(C)[Si](OCCC[C@@H](COC(=O)c1ccccc1)OS(C)(=O)=O)(C(C)C)C(C)C.CC(C)[Si](OCCC[C@H](O)COC(=O)c1ccccc1)(C(C)C)C(C)C. The molecule has 0 spiro atoms. The van der Waals surface area contributed by atoms with Crippen molar-refractivity contribution in [2.45, 2.75) is 154 Å². The summed E-state index contributed by atoms with van der Waals surface area (Å²) in [4.78, 5) is 24.0. The Balaban J connectivity index is 0.000000566. The first kappa shape index (κ1) is 51.6. The van der Waals surface area contributed by atoms with E-state index in [-0.39, 0.29) is 13.2 Å². The summed E-state index contributed by atoms with van der Waals surface area (Å²) < 4.78 is 51.9. The summed E-state index contributed by atoms with van der Waals surface area (Å²) in [6.45, 7) is 28.1. The first-order valence-electron chi connectivity index (χ1n) is 20.4. The van der Waals surface area contributed by atoms with Gasteiger partial charge in [-0.15, -0.1) is 0 Å². The molecular formula is C43H74O10SSi2. The number of aliphatic hydroxyl groups is 1. The molecule has 13 heteroatoms. The third-order valence-corrected chi connectivity index (χ3v) is 23.5. The number of hydrogen-bond acceptors (Lipinski definition) is 10. The van der Waals surface area contributed by atoms with Crippen molar-refractivity contribution in [1.82, 2.24) is 0 Å². The number of carbonyl (C=O) groups excluding carboxylic acids is 2. The Morgan fingerprint density at radius 3 is 1.25 bits per heavy atom. The van der Waals surface area contributed by atoms with Gasteiger partial charge in [-0.05, 0) is 83.2 Å². The van der Waals surface area contributed by atoms with Crippen LogP contribution in [0.25, 0.3) is 0 Å². The Morgan fingerprint density at radius 2 is 0.911 bits per heavy atom. The van der Waals surface area contributed by atoms with Gasteiger partial charge in [0.05, 0.1) is 23.5 Å². The predicted octanol–water partition coefficient (Wildman–Crippen LogP) is 10.3. The van der Waals surface area contributed by atoms with Crippen LogP contribution in [0.5, 0.6) is 0 Å². The van der Waals surface area contributed by atoms with Gasteiger partial charge in [-0.2, -0.15) is 8.42 Å². The molecule has 0 fully saturated rings. The van der Waals surface area contributed by atoms with Crippen LogP contribution >= 0.6 is 0 Å². The van der Waals surface area contributed by atoms with E-state index in [0.29, 0.717) is 76.9 Å². The fourth-order valence-electron chi connectivity index (χ4n) is 8.27. The number of rotatable bonds is 24. The topological polar surface area (TPSA) is 135 Å². The minimum Gasteiger partial charge on any atom is -0.459 e. The van der Waals surface area contributed by atoms with Crippen molar-refractivity contribution in [2.75, 3.05) is 32.7 Å². The lowest BCUT2D eigenvalue weighted by molar-refractivity contribution is 0.0225. The number of ether oxygens (including phenoxy) is 2. The summed E-state index contributed by atoms with van der Waals surface area (Å²) >= 11 is 0. The van der Waals surface area contributed by atoms with Crippen LogP contribution < -0.4 is 0 Å². The first-order valence-corrected chi connectivity index (χ1v) is 26.5. The average molecular weight is 839 g/mol. The molecule has 2 aromatic rings. The van der Waals surface area contributed by atoms with E-state index in [9.17, 15) is 23.1 Å². The Bertz CT molecular complexity index is 1460. The third kappa shape index (κ3) is 16.8. The van der Waals surface area contributed by atoms with Gasteiger partial charge < -0.3 is 23.4 Å². The molecule has 0 aromatic heterocycles. The highest BCUT2D eigenvalue weighted by atomic mass is 32.2. The van der Waals surface area contributed by atoms with E-state index in [2.05, 4.69) is 83.1 Å². The van der Waals surface area contributed by atoms with Crippen LogP contribution in [0.1, 0.15) is 129 Å². The van der Waals surface area contributed by atoms with Gasteiger partial charge in [0.15, 0.2) is 16.6 Å². The molecule has 0 bridgehead atoms. The van der Waals surface area contributed by atoms with Gasteiger partial charge in [0, 0.05) is 13.2 Å². The number of esters is 2. The lowest BCUT2D eigenvalue weighted by Gasteiger charge is -2.42. The van der Waals surface area contributed by atoms with E-state index in [1.165, 1.54) is 0 Å². The first-order chi connectivity index (χ1) is 26.1. The van der Waals surface area contributed by atoms with Gasteiger partial charge in [-0.25, -0.2) is 9.59 Å². The molecule has 0 aliphatic heterocycles. The standard InChI is InChI=1S/C22H38O6SSi.C21H36O4Si/c1-17(2)30(18(3)4,19(5)6)27-15-11-14-21(28-29(7,24)25)16-26-22(23)20-12-9-8-10-13-20;1-16(2)26(17(3)4,18(5)6)25-14-10-13-20(22)15-24-21(23)19-11-8-7-9-12-19/h8-10,12-13,17-19,21H,11,14-16H2,1-7H3;7-9,11-12,16-18,20,22H,10,13-15H2,1-6H3/t21-;20-/m00/s1. The van der Waals surface area contributed by atoms with Crippen LogP contribution in [0.2, 0.25) is 33.2 Å². The van der Waals surface area contributed by atoms with Crippen LogP contribution in [0, 0.1) is 0 Å². The van der Waals surface area contributed by atoms with E-state index in [4.69, 9.17) is 22.5 Å². The maximum atomic E-state index is 12.2. The summed E-state index contributed by atoms with van der Waals surface area (Å²) in [6.07, 6.45) is 2.01. The maximum Gasteiger partial charge on any atom is 0.338 e. The molecule has 0 amide bonds. The van der Waals surface area contributed by atoms with Crippen molar-refractivity contribution in [3.8, 4) is 0 Å². The summed E-state index contributed by atoms with van der Waals surface area (Å²) in [5, 5.41) is 10.1. The minimum atomic E-state index is -3.67. The maximum absolute atomic E-state index is 12.2. The van der Waals surface area contributed by atoms with Crippen LogP contribution in [0.15, 0.2) is 60.7 Å². The Morgan fingerprint density at radius 1 is 0.571 bits per heavy atom. The van der Waals surface area contributed by atoms with Gasteiger partial charge in [0.25, 0.3) is 10.1 Å². The van der Waals surface area contributed by atoms with Crippen molar-refractivity contribution in [3.05, 3.63) is 71.8 Å². The van der Waals surface area contributed by atoms with Crippen molar-refractivity contribution in [3.63, 3.8) is 0 Å². The van der Waals surface area contributed by atoms with Crippen molar-refractivity contribution in [2.24, 2.45) is 0 Å². The molecule has 2 atom stereocenters. The van der Waals surface area contributed by atoms with Crippen molar-refractivity contribution < 1.29 is 45.6 Å². The average Bonchev–Trinajstić information content (AvgIpc) is 3.12. The molecule has 0 radical (unpaired) electrons. The number of hydrogen-bond donors (Lipinski definition) is 1. The van der Waals surface area contributed by atoms with E-state index in [0.717, 1.165) is 12.7 Å². The normalized spacial score (nSPS) is 13.6. The van der Waals surface area contributed by atoms with E-state index < -0.39 is 50.9 Å². The zero-order chi connectivity index (χ0) is 42.7. The third-order valence-electron chi connectivity index (χ3n) is 10.6. The zero-order valence-electron chi connectivity index (χ0n) is 36.6. The van der Waals surface area contributed by atoms with Crippen LogP contribution in [0.4, 0.5) is 0 Å². The Labute approximate surface area is 341 Å². The second-order valence-electron chi connectivity index (χ2n) is 16.6. The smallest absolute Gasteiger partial charge is 0.338 e. The fourth-order valence-corrected chi connectivity index (χ4v) is 19.9. The second-order valence-corrected chi connectivity index (χ2v) is 29.1. The van der Waals surface area contributed by atoms with Gasteiger partial charge >= 0.3 is 11.9 Å². The van der Waals surface area contributed by atoms with Gasteiger partial charge in [0.1, 0.15) is 19.3 Å². The summed E-state index contributed by atoms with van der Waals surface area (Å²) in [5.74, 6) is -0.897. The molecule has 320 valence electrons. The Kier molecular flexibility index (Phi) is 23.2. The minimum absolute atomic E-state index is 0.0227. The highest BCUT2D eigenvalue weighted by Crippen LogP contribution is 2.43. The monoisotopic (exact) mass is 838 g/mol. The van der Waals surface area contributed by atoms with Crippen molar-refractivity contribution >= 4 is 38.7 Å². The van der Waals surface area contributed by atoms with E-state index >= 15 is 0 Å².